The number of hydrogen-bond donors (Lipinski definition) is 2. The van der Waals surface area contributed by atoms with Crippen LogP contribution in [-0.4, -0.2) is 27.8 Å². The number of piperidine rings is 1. The van der Waals surface area contributed by atoms with Gasteiger partial charge in [-0.3, -0.25) is 4.68 Å². The lowest BCUT2D eigenvalue weighted by Gasteiger charge is -2.22. The zero-order chi connectivity index (χ0) is 25.8. The number of pyridine rings is 1. The first-order valence-electron chi connectivity index (χ1n) is 11.6. The van der Waals surface area contributed by atoms with Gasteiger partial charge in [0.25, 0.3) is 0 Å². The van der Waals surface area contributed by atoms with E-state index in [9.17, 15) is 4.39 Å². The summed E-state index contributed by atoms with van der Waals surface area (Å²) in [6, 6.07) is 2.48. The summed E-state index contributed by atoms with van der Waals surface area (Å²) in [6.45, 7) is -2.54. The fraction of sp³-hybridized carbons (Fsp3) is 0.333. The zero-order valence-electron chi connectivity index (χ0n) is 20.9. The Morgan fingerprint density at radius 2 is 2.10 bits per heavy atom. The zero-order valence-corrected chi connectivity index (χ0v) is 17.4. The summed E-state index contributed by atoms with van der Waals surface area (Å²) in [7, 11) is 0. The van der Waals surface area contributed by atoms with Crippen LogP contribution in [0.4, 0.5) is 10.2 Å². The van der Waals surface area contributed by atoms with Gasteiger partial charge in [-0.25, -0.2) is 9.37 Å². The Kier molecular flexibility index (Phi) is 4.53. The highest BCUT2D eigenvalue weighted by atomic mass is 35.5. The number of halogens is 3. The summed E-state index contributed by atoms with van der Waals surface area (Å²) in [5.41, 5.74) is 7.31. The smallest absolute Gasteiger partial charge is 0.166 e. The molecule has 0 spiro atoms. The SMILES string of the molecule is [2H]C1([2H])CC([2H])(n2cc(-c3cnc(N)c(O[C@H](C)c4c(Cl)ccc(F)c4Cl)c3)cn2)CC([2H])([2H])N1. The van der Waals surface area contributed by atoms with Crippen molar-refractivity contribution in [3.05, 3.63) is 58.2 Å². The second kappa shape index (κ2) is 8.79. The highest BCUT2D eigenvalue weighted by Gasteiger charge is 2.21. The monoisotopic (exact) mass is 454 g/mol. The molecule has 0 bridgehead atoms. The summed E-state index contributed by atoms with van der Waals surface area (Å²) in [5.74, 6) is -0.368. The Hall–Kier alpha value is -2.35. The molecule has 1 saturated heterocycles. The molecule has 3 heterocycles. The van der Waals surface area contributed by atoms with E-state index in [0.717, 1.165) is 6.07 Å². The Balaban J connectivity index is 1.63. The summed E-state index contributed by atoms with van der Waals surface area (Å²) in [6.07, 6.45) is 3.09. The molecule has 0 aliphatic carbocycles. The van der Waals surface area contributed by atoms with Crippen molar-refractivity contribution in [1.82, 2.24) is 20.1 Å². The Labute approximate surface area is 191 Å². The van der Waals surface area contributed by atoms with Crippen molar-refractivity contribution in [2.24, 2.45) is 0 Å². The van der Waals surface area contributed by atoms with E-state index in [1.54, 1.807) is 13.0 Å². The maximum Gasteiger partial charge on any atom is 0.166 e. The van der Waals surface area contributed by atoms with Gasteiger partial charge in [0.15, 0.2) is 11.6 Å². The second-order valence-electron chi connectivity index (χ2n) is 6.70. The third-order valence-corrected chi connectivity index (χ3v) is 5.39. The molecule has 4 rings (SSSR count). The van der Waals surface area contributed by atoms with Crippen molar-refractivity contribution in [2.75, 3.05) is 18.7 Å². The molecule has 2 aromatic heterocycles. The van der Waals surface area contributed by atoms with Crippen molar-refractivity contribution < 1.29 is 16.0 Å². The van der Waals surface area contributed by atoms with Gasteiger partial charge in [0.05, 0.1) is 18.6 Å². The average Bonchev–Trinajstić information content (AvgIpc) is 3.21. The van der Waals surface area contributed by atoms with Crippen LogP contribution >= 0.6 is 23.2 Å². The van der Waals surface area contributed by atoms with Gasteiger partial charge in [-0.2, -0.15) is 5.10 Å². The number of aromatic nitrogens is 3. The number of nitrogens with two attached hydrogens (primary N) is 1. The minimum Gasteiger partial charge on any atom is -0.482 e. The predicted octanol–water partition coefficient (Wildman–Crippen LogP) is 5.04. The molecule has 1 atom stereocenters. The van der Waals surface area contributed by atoms with Crippen LogP contribution in [0.1, 0.15) is 44.3 Å². The van der Waals surface area contributed by atoms with Crippen LogP contribution in [0, 0.1) is 5.82 Å². The molecule has 6 nitrogen and oxygen atoms in total. The van der Waals surface area contributed by atoms with Crippen LogP contribution < -0.4 is 15.8 Å². The van der Waals surface area contributed by atoms with Gasteiger partial charge in [-0.15, -0.1) is 0 Å². The molecular formula is C21H22Cl2FN5O. The summed E-state index contributed by atoms with van der Waals surface area (Å²) < 4.78 is 61.7. The lowest BCUT2D eigenvalue weighted by molar-refractivity contribution is 0.227. The van der Waals surface area contributed by atoms with E-state index in [4.69, 9.17) is 40.5 Å². The molecule has 30 heavy (non-hydrogen) atoms. The molecule has 9 heteroatoms. The van der Waals surface area contributed by atoms with Crippen molar-refractivity contribution >= 4 is 29.0 Å². The van der Waals surface area contributed by atoms with Crippen molar-refractivity contribution in [3.63, 3.8) is 0 Å². The van der Waals surface area contributed by atoms with Gasteiger partial charge >= 0.3 is 0 Å². The molecule has 0 amide bonds. The number of anilines is 1. The van der Waals surface area contributed by atoms with Gasteiger partial charge in [0.2, 0.25) is 0 Å². The van der Waals surface area contributed by atoms with Crippen LogP contribution in [-0.2, 0) is 0 Å². The van der Waals surface area contributed by atoms with Gasteiger partial charge in [0.1, 0.15) is 11.9 Å². The van der Waals surface area contributed by atoms with Crippen LogP contribution in [0.25, 0.3) is 11.1 Å². The first-order chi connectivity index (χ1) is 16.2. The standard InChI is InChI=1S/C21H22Cl2FN5O/c1-12(19-16(22)2-3-17(24)20(19)23)30-18-8-13(9-27-21(18)25)14-10-28-29(11-14)15-4-6-26-7-5-15/h2-3,8-12,15,26H,4-7H2,1H3,(H2,25,27)/t12-/m1/s1/i6D2,7D2,15D. The molecule has 3 aromatic rings. The molecule has 1 aromatic carbocycles. The normalized spacial score (nSPS) is 22.7. The minimum absolute atomic E-state index is 0.0772. The van der Waals surface area contributed by atoms with E-state index in [2.05, 4.69) is 15.4 Å². The fourth-order valence-corrected chi connectivity index (χ4v) is 3.77. The average molecular weight is 455 g/mol. The maximum absolute atomic E-state index is 13.9. The van der Waals surface area contributed by atoms with Crippen LogP contribution in [0.2, 0.25) is 10.0 Å². The van der Waals surface area contributed by atoms with Crippen molar-refractivity contribution in [1.29, 1.82) is 0 Å². The quantitative estimate of drug-likeness (QED) is 0.528. The minimum atomic E-state index is -2.09. The Morgan fingerprint density at radius 3 is 2.87 bits per heavy atom. The van der Waals surface area contributed by atoms with Crippen molar-refractivity contribution in [2.45, 2.75) is 31.9 Å². The van der Waals surface area contributed by atoms with E-state index < -0.39 is 30.9 Å². The van der Waals surface area contributed by atoms with Gasteiger partial charge in [-0.1, -0.05) is 23.2 Å². The second-order valence-corrected chi connectivity index (χ2v) is 7.48. The molecule has 0 saturated carbocycles. The summed E-state index contributed by atoms with van der Waals surface area (Å²) >= 11 is 12.3. The Morgan fingerprint density at radius 1 is 1.33 bits per heavy atom. The number of rotatable bonds is 5. The maximum atomic E-state index is 13.9. The topological polar surface area (TPSA) is 78.0 Å². The lowest BCUT2D eigenvalue weighted by Crippen LogP contribution is -2.29. The van der Waals surface area contributed by atoms with E-state index in [1.807, 2.05) is 0 Å². The molecule has 0 radical (unpaired) electrons. The van der Waals surface area contributed by atoms with E-state index in [-0.39, 0.29) is 40.0 Å². The third kappa shape index (κ3) is 4.24. The van der Waals surface area contributed by atoms with E-state index in [1.165, 1.54) is 29.3 Å². The Bertz CT molecular complexity index is 1260. The van der Waals surface area contributed by atoms with Crippen LogP contribution in [0.15, 0.2) is 36.8 Å². The summed E-state index contributed by atoms with van der Waals surface area (Å²) in [4.78, 5) is 4.15. The van der Waals surface area contributed by atoms with Crippen molar-refractivity contribution in [3.8, 4) is 16.9 Å². The predicted molar refractivity (Wildman–Crippen MR) is 116 cm³/mol. The molecule has 3 N–H and O–H groups in total. The number of hydrogen-bond acceptors (Lipinski definition) is 5. The first-order valence-corrected chi connectivity index (χ1v) is 9.86. The van der Waals surface area contributed by atoms with Crippen LogP contribution in [0.3, 0.4) is 0 Å². The molecular weight excluding hydrogens is 428 g/mol. The number of nitrogens with one attached hydrogen (secondary N) is 1. The molecule has 1 fully saturated rings. The number of nitrogens with zero attached hydrogens (tertiary/aromatic N) is 3. The molecule has 1 aliphatic rings. The van der Waals surface area contributed by atoms with Gasteiger partial charge in [0, 0.05) is 39.6 Å². The lowest BCUT2D eigenvalue weighted by atomic mass is 10.1. The van der Waals surface area contributed by atoms with Crippen LogP contribution in [0.5, 0.6) is 5.75 Å². The highest BCUT2D eigenvalue weighted by molar-refractivity contribution is 6.36. The molecule has 158 valence electrons. The van der Waals surface area contributed by atoms with Gasteiger partial charge < -0.3 is 15.8 Å². The van der Waals surface area contributed by atoms with E-state index in [0.29, 0.717) is 11.1 Å². The fourth-order valence-electron chi connectivity index (χ4n) is 3.10. The molecule has 0 unspecified atom stereocenters. The van der Waals surface area contributed by atoms with Gasteiger partial charge in [-0.05, 0) is 51.0 Å². The van der Waals surface area contributed by atoms with E-state index >= 15 is 0 Å². The summed E-state index contributed by atoms with van der Waals surface area (Å²) in [5, 5.41) is 6.55. The first kappa shape index (κ1) is 15.5. The molecule has 1 aliphatic heterocycles. The largest absolute Gasteiger partial charge is 0.482 e. The number of ether oxygens (including phenoxy) is 1. The number of nitrogen functional groups attached to an aromatic ring is 1. The highest BCUT2D eigenvalue weighted by Crippen LogP contribution is 2.37. The third-order valence-electron chi connectivity index (χ3n) is 4.67. The number of benzene rings is 1.